The Morgan fingerprint density at radius 3 is 2.16 bits per heavy atom. The summed E-state index contributed by atoms with van der Waals surface area (Å²) < 4.78 is 5.81. The van der Waals surface area contributed by atoms with Gasteiger partial charge >= 0.3 is 0 Å². The van der Waals surface area contributed by atoms with Crippen LogP contribution in [0.25, 0.3) is 22.3 Å². The van der Waals surface area contributed by atoms with Crippen molar-refractivity contribution < 1.29 is 34.7 Å². The molecular weight excluding hydrogens is 406 g/mol. The van der Waals surface area contributed by atoms with Crippen LogP contribution in [0.2, 0.25) is 0 Å². The molecule has 0 aliphatic heterocycles. The monoisotopic (exact) mass is 421 g/mol. The van der Waals surface area contributed by atoms with Gasteiger partial charge in [0.2, 0.25) is 5.43 Å². The Hall–Kier alpha value is -4.66. The summed E-state index contributed by atoms with van der Waals surface area (Å²) in [5.41, 5.74) is -0.650. The maximum atomic E-state index is 13.1. The van der Waals surface area contributed by atoms with Crippen molar-refractivity contribution in [2.75, 3.05) is 5.32 Å². The lowest BCUT2D eigenvalue weighted by molar-refractivity contribution is 0.102. The number of para-hydroxylation sites is 1. The number of anilines is 1. The summed E-state index contributed by atoms with van der Waals surface area (Å²) in [6.07, 6.45) is 0. The van der Waals surface area contributed by atoms with E-state index in [4.69, 9.17) is 4.42 Å². The smallest absolute Gasteiger partial charge is 0.256 e. The van der Waals surface area contributed by atoms with Crippen LogP contribution in [0, 0.1) is 0 Å². The lowest BCUT2D eigenvalue weighted by Crippen LogP contribution is -2.19. The largest absolute Gasteiger partial charge is 0.504 e. The molecule has 0 aliphatic carbocycles. The molecule has 9 heteroatoms. The molecule has 1 aromatic heterocycles. The van der Waals surface area contributed by atoms with Crippen LogP contribution >= 0.6 is 0 Å². The summed E-state index contributed by atoms with van der Waals surface area (Å²) in [4.78, 5) is 25.8. The van der Waals surface area contributed by atoms with Crippen molar-refractivity contribution in [3.8, 4) is 40.1 Å². The number of hydrogen-bond donors (Lipinski definition) is 6. The van der Waals surface area contributed by atoms with Crippen molar-refractivity contribution >= 4 is 22.6 Å². The minimum atomic E-state index is -0.877. The van der Waals surface area contributed by atoms with Crippen molar-refractivity contribution in [3.63, 3.8) is 0 Å². The fraction of sp³-hybridized carbons (Fsp3) is 0. The van der Waals surface area contributed by atoms with Gasteiger partial charge in [0.25, 0.3) is 5.91 Å². The van der Waals surface area contributed by atoms with E-state index in [1.807, 2.05) is 0 Å². The molecule has 0 spiro atoms. The molecule has 0 fully saturated rings. The van der Waals surface area contributed by atoms with Crippen LogP contribution in [-0.2, 0) is 0 Å². The summed E-state index contributed by atoms with van der Waals surface area (Å²) in [7, 11) is 0. The summed E-state index contributed by atoms with van der Waals surface area (Å²) >= 11 is 0. The first-order valence-electron chi connectivity index (χ1n) is 8.90. The third-order valence-corrected chi connectivity index (χ3v) is 4.61. The summed E-state index contributed by atoms with van der Waals surface area (Å²) in [5, 5.41) is 50.8. The van der Waals surface area contributed by atoms with E-state index in [1.54, 1.807) is 18.2 Å². The van der Waals surface area contributed by atoms with Gasteiger partial charge in [-0.2, -0.15) is 0 Å². The Morgan fingerprint density at radius 2 is 1.48 bits per heavy atom. The minimum Gasteiger partial charge on any atom is -0.504 e. The quantitative estimate of drug-likeness (QED) is 0.275. The number of carbonyl (C=O) groups excluding carboxylic acids is 1. The highest BCUT2D eigenvalue weighted by atomic mass is 16.3. The molecule has 9 nitrogen and oxygen atoms in total. The van der Waals surface area contributed by atoms with Crippen molar-refractivity contribution in [2.45, 2.75) is 0 Å². The van der Waals surface area contributed by atoms with Crippen molar-refractivity contribution in [2.24, 2.45) is 0 Å². The summed E-state index contributed by atoms with van der Waals surface area (Å²) in [6, 6.07) is 11.9. The van der Waals surface area contributed by atoms with E-state index in [0.717, 1.165) is 18.2 Å². The average molecular weight is 421 g/mol. The first-order chi connectivity index (χ1) is 14.8. The molecule has 0 unspecified atom stereocenters. The van der Waals surface area contributed by atoms with Gasteiger partial charge in [-0.3, -0.25) is 9.59 Å². The molecule has 4 aromatic rings. The number of benzene rings is 3. The van der Waals surface area contributed by atoms with Crippen LogP contribution in [0.1, 0.15) is 10.4 Å². The lowest BCUT2D eigenvalue weighted by Gasteiger charge is -2.12. The Labute approximate surface area is 173 Å². The molecule has 0 saturated carbocycles. The van der Waals surface area contributed by atoms with Gasteiger partial charge in [-0.15, -0.1) is 0 Å². The van der Waals surface area contributed by atoms with Crippen LogP contribution < -0.4 is 10.7 Å². The first-order valence-corrected chi connectivity index (χ1v) is 8.90. The Balaban J connectivity index is 1.89. The highest BCUT2D eigenvalue weighted by Crippen LogP contribution is 2.37. The van der Waals surface area contributed by atoms with E-state index in [9.17, 15) is 35.1 Å². The standard InChI is InChI=1S/C22H15NO8/c24-13-6-5-10(7-14(13)25)21-18(19(28)12-3-1-2-4-17(12)31-21)23-22(30)11-8-15(26)20(29)16(27)9-11/h1-9,24-27,29H,(H,23,30). The second-order valence-electron chi connectivity index (χ2n) is 6.65. The second-order valence-corrected chi connectivity index (χ2v) is 6.65. The molecule has 0 saturated heterocycles. The van der Waals surface area contributed by atoms with E-state index < -0.39 is 34.3 Å². The molecule has 1 amide bonds. The molecular formula is C22H15NO8. The zero-order valence-electron chi connectivity index (χ0n) is 15.7. The van der Waals surface area contributed by atoms with E-state index in [2.05, 4.69) is 5.32 Å². The van der Waals surface area contributed by atoms with Gasteiger partial charge in [-0.05, 0) is 42.5 Å². The topological polar surface area (TPSA) is 160 Å². The van der Waals surface area contributed by atoms with E-state index in [1.165, 1.54) is 18.2 Å². The minimum absolute atomic E-state index is 0.0837. The van der Waals surface area contributed by atoms with Crippen LogP contribution in [0.15, 0.2) is 63.8 Å². The first kappa shape index (κ1) is 19.6. The lowest BCUT2D eigenvalue weighted by atomic mass is 10.1. The van der Waals surface area contributed by atoms with Crippen LogP contribution in [-0.4, -0.2) is 31.4 Å². The molecule has 4 rings (SSSR count). The molecule has 0 aliphatic rings. The van der Waals surface area contributed by atoms with Crippen LogP contribution in [0.3, 0.4) is 0 Å². The SMILES string of the molecule is O=C(Nc1c(-c2ccc(O)c(O)c2)oc2ccccc2c1=O)c1cc(O)c(O)c(O)c1. The van der Waals surface area contributed by atoms with Crippen LogP contribution in [0.5, 0.6) is 28.7 Å². The van der Waals surface area contributed by atoms with Crippen LogP contribution in [0.4, 0.5) is 5.69 Å². The zero-order chi connectivity index (χ0) is 22.3. The number of phenols is 5. The van der Waals surface area contributed by atoms with Gasteiger partial charge in [0.1, 0.15) is 11.3 Å². The number of fused-ring (bicyclic) bond motifs is 1. The maximum absolute atomic E-state index is 13.1. The normalized spacial score (nSPS) is 10.8. The predicted molar refractivity (Wildman–Crippen MR) is 111 cm³/mol. The molecule has 3 aromatic carbocycles. The zero-order valence-corrected chi connectivity index (χ0v) is 15.7. The van der Waals surface area contributed by atoms with Gasteiger partial charge < -0.3 is 35.3 Å². The van der Waals surface area contributed by atoms with E-state index in [0.29, 0.717) is 0 Å². The third kappa shape index (κ3) is 3.44. The molecule has 31 heavy (non-hydrogen) atoms. The van der Waals surface area contributed by atoms with Gasteiger partial charge in [0, 0.05) is 11.1 Å². The average Bonchev–Trinajstić information content (AvgIpc) is 2.75. The van der Waals surface area contributed by atoms with Crippen molar-refractivity contribution in [1.82, 2.24) is 0 Å². The number of amides is 1. The van der Waals surface area contributed by atoms with Gasteiger partial charge in [-0.1, -0.05) is 12.1 Å². The molecule has 0 atom stereocenters. The van der Waals surface area contributed by atoms with Crippen molar-refractivity contribution in [3.05, 3.63) is 70.4 Å². The third-order valence-electron chi connectivity index (χ3n) is 4.61. The second kappa shape index (κ2) is 7.30. The Kier molecular flexibility index (Phi) is 4.63. The number of rotatable bonds is 3. The number of phenolic OH excluding ortho intramolecular Hbond substituents is 5. The van der Waals surface area contributed by atoms with Gasteiger partial charge in [-0.25, -0.2) is 0 Å². The molecule has 0 radical (unpaired) electrons. The number of nitrogens with one attached hydrogen (secondary N) is 1. The summed E-state index contributed by atoms with van der Waals surface area (Å²) in [5.74, 6) is -4.04. The van der Waals surface area contributed by atoms with E-state index >= 15 is 0 Å². The number of carbonyl (C=O) groups is 1. The fourth-order valence-corrected chi connectivity index (χ4v) is 3.04. The molecule has 0 bridgehead atoms. The van der Waals surface area contributed by atoms with E-state index in [-0.39, 0.29) is 39.3 Å². The Morgan fingerprint density at radius 1 is 0.806 bits per heavy atom. The number of hydrogen-bond acceptors (Lipinski definition) is 8. The number of aromatic hydroxyl groups is 5. The van der Waals surface area contributed by atoms with Gasteiger partial charge in [0.15, 0.2) is 34.5 Å². The Bertz CT molecular complexity index is 1380. The molecule has 1 heterocycles. The van der Waals surface area contributed by atoms with Crippen molar-refractivity contribution in [1.29, 1.82) is 0 Å². The summed E-state index contributed by atoms with van der Waals surface area (Å²) in [6.45, 7) is 0. The predicted octanol–water partition coefficient (Wildman–Crippen LogP) is 3.24. The highest BCUT2D eigenvalue weighted by molar-refractivity contribution is 6.07. The highest BCUT2D eigenvalue weighted by Gasteiger charge is 2.21. The fourth-order valence-electron chi connectivity index (χ4n) is 3.04. The van der Waals surface area contributed by atoms with Gasteiger partial charge in [0.05, 0.1) is 5.39 Å². The molecule has 6 N–H and O–H groups in total. The maximum Gasteiger partial charge on any atom is 0.256 e. The molecule has 156 valence electrons.